The number of rotatable bonds is 3. The minimum Gasteiger partial charge on any atom is -0.298 e. The van der Waals surface area contributed by atoms with Crippen molar-refractivity contribution in [3.63, 3.8) is 0 Å². The van der Waals surface area contributed by atoms with Gasteiger partial charge in [-0.15, -0.1) is 0 Å². The summed E-state index contributed by atoms with van der Waals surface area (Å²) in [6, 6.07) is 5.77. The fraction of sp³-hybridized carbons (Fsp3) is 0.562. The second kappa shape index (κ2) is 7.04. The van der Waals surface area contributed by atoms with Crippen molar-refractivity contribution in [2.45, 2.75) is 50.9 Å². The lowest BCUT2D eigenvalue weighted by Crippen LogP contribution is -2.22. The van der Waals surface area contributed by atoms with Crippen LogP contribution in [0.4, 0.5) is 0 Å². The van der Waals surface area contributed by atoms with Gasteiger partial charge in [0.15, 0.2) is 5.78 Å². The summed E-state index contributed by atoms with van der Waals surface area (Å²) in [7, 11) is 0. The zero-order valence-corrected chi connectivity index (χ0v) is 11.2. The van der Waals surface area contributed by atoms with Crippen molar-refractivity contribution in [1.82, 2.24) is 4.98 Å². The quantitative estimate of drug-likeness (QED) is 0.830. The molecule has 19 heavy (non-hydrogen) atoms. The molecule has 1 heterocycles. The number of Topliss-reactive ketones (excluding diaryl/α,β-unsaturated/α-hetero) is 1. The van der Waals surface area contributed by atoms with E-state index in [9.17, 15) is 10.1 Å². The summed E-state index contributed by atoms with van der Waals surface area (Å²) in [5.74, 6) is -0.485. The lowest BCUT2D eigenvalue weighted by molar-refractivity contribution is -0.123. The zero-order chi connectivity index (χ0) is 13.5. The van der Waals surface area contributed by atoms with Gasteiger partial charge in [0, 0.05) is 18.3 Å². The van der Waals surface area contributed by atoms with Gasteiger partial charge < -0.3 is 0 Å². The highest BCUT2D eigenvalue weighted by Gasteiger charge is 2.28. The summed E-state index contributed by atoms with van der Waals surface area (Å²) in [5.41, 5.74) is 0.733. The molecule has 0 radical (unpaired) electrons. The third-order valence-electron chi connectivity index (χ3n) is 3.94. The smallest absolute Gasteiger partial charge is 0.157 e. The van der Waals surface area contributed by atoms with Gasteiger partial charge in [-0.3, -0.25) is 9.78 Å². The van der Waals surface area contributed by atoms with E-state index in [1.165, 1.54) is 19.3 Å². The standard InChI is InChI=1S/C16H20N2O/c17-11-15(14-9-6-10-18-12-14)16(19)13-7-4-2-1-3-5-8-13/h6,9-10,12-13,15H,1-5,7-8H2. The van der Waals surface area contributed by atoms with Crippen LogP contribution < -0.4 is 0 Å². The number of pyridine rings is 1. The largest absolute Gasteiger partial charge is 0.298 e. The molecule has 1 unspecified atom stereocenters. The van der Waals surface area contributed by atoms with Crippen LogP contribution in [0.1, 0.15) is 56.4 Å². The lowest BCUT2D eigenvalue weighted by Gasteiger charge is -2.20. The van der Waals surface area contributed by atoms with Crippen LogP contribution in [0.3, 0.4) is 0 Å². The third kappa shape index (κ3) is 3.64. The zero-order valence-electron chi connectivity index (χ0n) is 11.2. The number of aromatic nitrogens is 1. The number of carbonyl (C=O) groups is 1. The predicted molar refractivity (Wildman–Crippen MR) is 73.4 cm³/mol. The molecule has 1 aliphatic rings. The Morgan fingerprint density at radius 2 is 1.95 bits per heavy atom. The maximum Gasteiger partial charge on any atom is 0.157 e. The Hall–Kier alpha value is -1.69. The number of hydrogen-bond donors (Lipinski definition) is 0. The monoisotopic (exact) mass is 256 g/mol. The maximum atomic E-state index is 12.5. The summed E-state index contributed by atoms with van der Waals surface area (Å²) < 4.78 is 0. The van der Waals surface area contributed by atoms with Gasteiger partial charge in [0.2, 0.25) is 0 Å². The molecule has 1 aromatic heterocycles. The van der Waals surface area contributed by atoms with Crippen molar-refractivity contribution >= 4 is 5.78 Å². The molecule has 0 saturated heterocycles. The maximum absolute atomic E-state index is 12.5. The van der Waals surface area contributed by atoms with E-state index < -0.39 is 5.92 Å². The second-order valence-corrected chi connectivity index (χ2v) is 5.29. The third-order valence-corrected chi connectivity index (χ3v) is 3.94. The molecule has 2 rings (SSSR count). The SMILES string of the molecule is N#CC(C(=O)C1CCCCCCC1)c1cccnc1. The van der Waals surface area contributed by atoms with E-state index in [1.54, 1.807) is 18.5 Å². The average molecular weight is 256 g/mol. The van der Waals surface area contributed by atoms with Crippen molar-refractivity contribution in [2.75, 3.05) is 0 Å². The Kier molecular flexibility index (Phi) is 5.09. The van der Waals surface area contributed by atoms with Gasteiger partial charge in [-0.25, -0.2) is 0 Å². The van der Waals surface area contributed by atoms with E-state index >= 15 is 0 Å². The number of nitriles is 1. The van der Waals surface area contributed by atoms with E-state index in [1.807, 2.05) is 6.07 Å². The summed E-state index contributed by atoms with van der Waals surface area (Å²) >= 11 is 0. The Morgan fingerprint density at radius 3 is 2.53 bits per heavy atom. The van der Waals surface area contributed by atoms with Gasteiger partial charge in [-0.1, -0.05) is 38.2 Å². The highest BCUT2D eigenvalue weighted by molar-refractivity contribution is 5.90. The molecule has 1 fully saturated rings. The van der Waals surface area contributed by atoms with E-state index in [0.717, 1.165) is 31.2 Å². The topological polar surface area (TPSA) is 53.8 Å². The fourth-order valence-corrected chi connectivity index (χ4v) is 2.83. The minimum absolute atomic E-state index is 0.0603. The first-order chi connectivity index (χ1) is 9.33. The van der Waals surface area contributed by atoms with E-state index in [4.69, 9.17) is 0 Å². The molecular weight excluding hydrogens is 236 g/mol. The van der Waals surface area contributed by atoms with Crippen LogP contribution in [0, 0.1) is 17.2 Å². The van der Waals surface area contributed by atoms with Crippen molar-refractivity contribution in [2.24, 2.45) is 5.92 Å². The van der Waals surface area contributed by atoms with Gasteiger partial charge in [0.05, 0.1) is 6.07 Å². The summed E-state index contributed by atoms with van der Waals surface area (Å²) in [5, 5.41) is 9.31. The minimum atomic E-state index is -0.641. The molecule has 100 valence electrons. The summed E-state index contributed by atoms with van der Waals surface area (Å²) in [6.07, 6.45) is 11.1. The Labute approximate surface area is 114 Å². The number of hydrogen-bond acceptors (Lipinski definition) is 3. The van der Waals surface area contributed by atoms with Crippen LogP contribution in [-0.4, -0.2) is 10.8 Å². The highest BCUT2D eigenvalue weighted by Crippen LogP contribution is 2.28. The molecule has 1 aromatic rings. The first-order valence-electron chi connectivity index (χ1n) is 7.16. The lowest BCUT2D eigenvalue weighted by atomic mass is 9.82. The first kappa shape index (κ1) is 13.7. The van der Waals surface area contributed by atoms with Gasteiger partial charge in [0.1, 0.15) is 5.92 Å². The molecule has 0 aromatic carbocycles. The first-order valence-corrected chi connectivity index (χ1v) is 7.16. The van der Waals surface area contributed by atoms with Crippen molar-refractivity contribution in [3.8, 4) is 6.07 Å². The highest BCUT2D eigenvalue weighted by atomic mass is 16.1. The predicted octanol–water partition coefficient (Wildman–Crippen LogP) is 3.62. The van der Waals surface area contributed by atoms with E-state index in [2.05, 4.69) is 11.1 Å². The van der Waals surface area contributed by atoms with Gasteiger partial charge in [0.25, 0.3) is 0 Å². The van der Waals surface area contributed by atoms with Crippen molar-refractivity contribution < 1.29 is 4.79 Å². The molecule has 0 aliphatic heterocycles. The Morgan fingerprint density at radius 1 is 1.26 bits per heavy atom. The molecular formula is C16H20N2O. The molecule has 0 N–H and O–H groups in total. The second-order valence-electron chi connectivity index (χ2n) is 5.29. The van der Waals surface area contributed by atoms with E-state index in [-0.39, 0.29) is 11.7 Å². The van der Waals surface area contributed by atoms with Crippen LogP contribution in [0.15, 0.2) is 24.5 Å². The van der Waals surface area contributed by atoms with Gasteiger partial charge >= 0.3 is 0 Å². The number of nitrogens with zero attached hydrogens (tertiary/aromatic N) is 2. The van der Waals surface area contributed by atoms with Gasteiger partial charge in [-0.2, -0.15) is 5.26 Å². The Bertz CT molecular complexity index is 442. The van der Waals surface area contributed by atoms with Crippen LogP contribution >= 0.6 is 0 Å². The molecule has 1 atom stereocenters. The average Bonchev–Trinajstić information content (AvgIpc) is 2.40. The molecule has 0 amide bonds. The Balaban J connectivity index is 2.09. The van der Waals surface area contributed by atoms with Crippen LogP contribution in [-0.2, 0) is 4.79 Å². The summed E-state index contributed by atoms with van der Waals surface area (Å²) in [4.78, 5) is 16.6. The number of carbonyl (C=O) groups excluding carboxylic acids is 1. The summed E-state index contributed by atoms with van der Waals surface area (Å²) in [6.45, 7) is 0. The molecule has 3 heteroatoms. The molecule has 0 spiro atoms. The molecule has 1 saturated carbocycles. The van der Waals surface area contributed by atoms with Crippen molar-refractivity contribution in [3.05, 3.63) is 30.1 Å². The normalized spacial score (nSPS) is 18.9. The van der Waals surface area contributed by atoms with Gasteiger partial charge in [-0.05, 0) is 24.5 Å². The molecule has 1 aliphatic carbocycles. The van der Waals surface area contributed by atoms with Crippen LogP contribution in [0.5, 0.6) is 0 Å². The number of ketones is 1. The van der Waals surface area contributed by atoms with E-state index in [0.29, 0.717) is 0 Å². The van der Waals surface area contributed by atoms with Crippen LogP contribution in [0.25, 0.3) is 0 Å². The van der Waals surface area contributed by atoms with Crippen molar-refractivity contribution in [1.29, 1.82) is 5.26 Å². The fourth-order valence-electron chi connectivity index (χ4n) is 2.83. The molecule has 3 nitrogen and oxygen atoms in total. The molecule has 0 bridgehead atoms. The van der Waals surface area contributed by atoms with Crippen LogP contribution in [0.2, 0.25) is 0 Å².